The maximum absolute atomic E-state index is 11.9. The lowest BCUT2D eigenvalue weighted by Crippen LogP contribution is -2.39. The number of halogens is 1. The van der Waals surface area contributed by atoms with E-state index >= 15 is 0 Å². The Hall–Kier alpha value is -1.56. The molecule has 0 unspecified atom stereocenters. The third-order valence-corrected chi connectivity index (χ3v) is 3.41. The molecule has 0 aromatic heterocycles. The molecular weight excluding hydrogens is 350 g/mol. The van der Waals surface area contributed by atoms with Crippen molar-refractivity contribution in [3.63, 3.8) is 0 Å². The molecule has 0 saturated carbocycles. The van der Waals surface area contributed by atoms with E-state index in [2.05, 4.69) is 15.9 Å². The first-order valence-corrected chi connectivity index (χ1v) is 7.79. The molecule has 22 heavy (non-hydrogen) atoms. The highest BCUT2D eigenvalue weighted by Crippen LogP contribution is 2.17. The van der Waals surface area contributed by atoms with Crippen molar-refractivity contribution in [1.82, 2.24) is 4.90 Å². The van der Waals surface area contributed by atoms with Crippen molar-refractivity contribution >= 4 is 28.0 Å². The molecule has 0 radical (unpaired) electrons. The molecule has 0 aliphatic heterocycles. The fraction of sp³-hybridized carbons (Fsp3) is 0.500. The molecule has 0 heterocycles. The minimum Gasteiger partial charge on any atom is -0.481 e. The fourth-order valence-electron chi connectivity index (χ4n) is 1.92. The number of hydrogen-bond donors (Lipinski definition) is 1. The minimum absolute atomic E-state index is 0.0940. The third-order valence-electron chi connectivity index (χ3n) is 2.92. The van der Waals surface area contributed by atoms with E-state index < -0.39 is 23.6 Å². The van der Waals surface area contributed by atoms with Crippen LogP contribution in [0, 0.1) is 5.92 Å². The average Bonchev–Trinajstić information content (AvgIpc) is 2.35. The van der Waals surface area contributed by atoms with Gasteiger partial charge in [0.15, 0.2) is 0 Å². The van der Waals surface area contributed by atoms with Gasteiger partial charge < -0.3 is 14.7 Å². The first-order chi connectivity index (χ1) is 10.1. The van der Waals surface area contributed by atoms with Gasteiger partial charge in [0.1, 0.15) is 5.60 Å². The summed E-state index contributed by atoms with van der Waals surface area (Å²) < 4.78 is 6.13. The van der Waals surface area contributed by atoms with Crippen LogP contribution in [0.5, 0.6) is 0 Å². The Morgan fingerprint density at radius 1 is 1.36 bits per heavy atom. The number of aliphatic carboxylic acids is 1. The van der Waals surface area contributed by atoms with Gasteiger partial charge >= 0.3 is 12.1 Å². The Labute approximate surface area is 139 Å². The summed E-state index contributed by atoms with van der Waals surface area (Å²) in [5.41, 5.74) is 0.299. The molecule has 0 aliphatic rings. The predicted molar refractivity (Wildman–Crippen MR) is 87.8 cm³/mol. The number of rotatable bonds is 5. The Morgan fingerprint density at radius 3 is 2.50 bits per heavy atom. The van der Waals surface area contributed by atoms with Crippen molar-refractivity contribution in [2.75, 3.05) is 13.6 Å². The van der Waals surface area contributed by atoms with E-state index in [1.807, 2.05) is 24.3 Å². The summed E-state index contributed by atoms with van der Waals surface area (Å²) >= 11 is 3.36. The van der Waals surface area contributed by atoms with E-state index in [1.54, 1.807) is 27.8 Å². The van der Waals surface area contributed by atoms with Gasteiger partial charge in [-0.3, -0.25) is 4.79 Å². The molecule has 0 aliphatic carbocycles. The number of carboxylic acids is 1. The zero-order chi connectivity index (χ0) is 16.9. The van der Waals surface area contributed by atoms with Gasteiger partial charge in [-0.05, 0) is 44.9 Å². The van der Waals surface area contributed by atoms with E-state index in [-0.39, 0.29) is 6.54 Å². The number of nitrogens with zero attached hydrogens (tertiary/aromatic N) is 1. The SMILES string of the molecule is CN(C[C@@H](Cc1cccc(Br)c1)C(=O)O)C(=O)OC(C)(C)C. The number of hydrogen-bond acceptors (Lipinski definition) is 3. The standard InChI is InChI=1S/C16H22BrNO4/c1-16(2,3)22-15(21)18(4)10-12(14(19)20)8-11-6-5-7-13(17)9-11/h5-7,9,12H,8,10H2,1-4H3,(H,19,20)/t12-/m1/s1. The summed E-state index contributed by atoms with van der Waals surface area (Å²) in [5.74, 6) is -1.62. The summed E-state index contributed by atoms with van der Waals surface area (Å²) in [6.07, 6.45) is -0.171. The van der Waals surface area contributed by atoms with E-state index in [0.717, 1.165) is 10.0 Å². The molecule has 6 heteroatoms. The molecule has 5 nitrogen and oxygen atoms in total. The highest BCUT2D eigenvalue weighted by molar-refractivity contribution is 9.10. The number of amides is 1. The highest BCUT2D eigenvalue weighted by Gasteiger charge is 2.25. The monoisotopic (exact) mass is 371 g/mol. The predicted octanol–water partition coefficient (Wildman–Crippen LogP) is 3.56. The Balaban J connectivity index is 2.72. The van der Waals surface area contributed by atoms with Gasteiger partial charge in [-0.25, -0.2) is 4.79 Å². The first kappa shape index (κ1) is 18.5. The van der Waals surface area contributed by atoms with Crippen LogP contribution in [0.3, 0.4) is 0 Å². The third kappa shape index (κ3) is 6.47. The number of carbonyl (C=O) groups is 2. The van der Waals surface area contributed by atoms with E-state index in [9.17, 15) is 14.7 Å². The lowest BCUT2D eigenvalue weighted by atomic mass is 9.99. The largest absolute Gasteiger partial charge is 0.481 e. The van der Waals surface area contributed by atoms with Crippen molar-refractivity contribution in [1.29, 1.82) is 0 Å². The fourth-order valence-corrected chi connectivity index (χ4v) is 2.37. The molecule has 1 aromatic rings. The summed E-state index contributed by atoms with van der Waals surface area (Å²) in [5, 5.41) is 9.38. The van der Waals surface area contributed by atoms with Crippen molar-refractivity contribution in [2.45, 2.75) is 32.8 Å². The topological polar surface area (TPSA) is 66.8 Å². The Bertz CT molecular complexity index is 539. The molecule has 1 aromatic carbocycles. The molecule has 1 rings (SSSR count). The van der Waals surface area contributed by atoms with E-state index in [0.29, 0.717) is 6.42 Å². The summed E-state index contributed by atoms with van der Waals surface area (Å²) in [6, 6.07) is 7.49. The number of carboxylic acid groups (broad SMARTS) is 1. The number of ether oxygens (including phenoxy) is 1. The molecule has 0 bridgehead atoms. The van der Waals surface area contributed by atoms with Crippen LogP contribution >= 0.6 is 15.9 Å². The molecule has 122 valence electrons. The van der Waals surface area contributed by atoms with Crippen LogP contribution in [0.1, 0.15) is 26.3 Å². The van der Waals surface area contributed by atoms with Crippen molar-refractivity contribution in [3.05, 3.63) is 34.3 Å². The van der Waals surface area contributed by atoms with Crippen molar-refractivity contribution < 1.29 is 19.4 Å². The van der Waals surface area contributed by atoms with Gasteiger partial charge in [0.25, 0.3) is 0 Å². The highest BCUT2D eigenvalue weighted by atomic mass is 79.9. The maximum atomic E-state index is 11.9. The molecule has 1 amide bonds. The van der Waals surface area contributed by atoms with Gasteiger partial charge in [0.05, 0.1) is 5.92 Å². The summed E-state index contributed by atoms with van der Waals surface area (Å²) in [7, 11) is 1.55. The van der Waals surface area contributed by atoms with Crippen LogP contribution in [0.15, 0.2) is 28.7 Å². The second-order valence-electron chi connectivity index (χ2n) is 6.23. The van der Waals surface area contributed by atoms with Crippen LogP contribution in [0.2, 0.25) is 0 Å². The van der Waals surface area contributed by atoms with E-state index in [1.165, 1.54) is 4.90 Å². The first-order valence-electron chi connectivity index (χ1n) is 7.00. The van der Waals surface area contributed by atoms with Gasteiger partial charge in [-0.1, -0.05) is 28.1 Å². The van der Waals surface area contributed by atoms with Gasteiger partial charge in [-0.15, -0.1) is 0 Å². The van der Waals surface area contributed by atoms with Crippen LogP contribution in [-0.4, -0.2) is 41.3 Å². The quantitative estimate of drug-likeness (QED) is 0.858. The minimum atomic E-state index is -0.935. The Kier molecular flexibility index (Phi) is 6.41. The van der Waals surface area contributed by atoms with Crippen LogP contribution in [-0.2, 0) is 16.0 Å². The zero-order valence-corrected chi connectivity index (χ0v) is 14.9. The number of benzene rings is 1. The van der Waals surface area contributed by atoms with E-state index in [4.69, 9.17) is 4.74 Å². The average molecular weight is 372 g/mol. The lowest BCUT2D eigenvalue weighted by Gasteiger charge is -2.26. The van der Waals surface area contributed by atoms with Crippen LogP contribution < -0.4 is 0 Å². The molecule has 1 atom stereocenters. The smallest absolute Gasteiger partial charge is 0.410 e. The number of carbonyl (C=O) groups excluding carboxylic acids is 1. The van der Waals surface area contributed by atoms with Gasteiger partial charge in [0.2, 0.25) is 0 Å². The van der Waals surface area contributed by atoms with Crippen molar-refractivity contribution in [2.24, 2.45) is 5.92 Å². The molecule has 0 fully saturated rings. The second-order valence-corrected chi connectivity index (χ2v) is 7.15. The van der Waals surface area contributed by atoms with Gasteiger partial charge in [0, 0.05) is 18.1 Å². The van der Waals surface area contributed by atoms with Crippen LogP contribution in [0.25, 0.3) is 0 Å². The second kappa shape index (κ2) is 7.63. The lowest BCUT2D eigenvalue weighted by molar-refractivity contribution is -0.142. The van der Waals surface area contributed by atoms with Crippen LogP contribution in [0.4, 0.5) is 4.79 Å². The molecule has 1 N–H and O–H groups in total. The summed E-state index contributed by atoms with van der Waals surface area (Å²) in [4.78, 5) is 24.7. The molecular formula is C16H22BrNO4. The Morgan fingerprint density at radius 2 is 2.00 bits per heavy atom. The molecule has 0 spiro atoms. The maximum Gasteiger partial charge on any atom is 0.410 e. The van der Waals surface area contributed by atoms with Gasteiger partial charge in [-0.2, -0.15) is 0 Å². The molecule has 0 saturated heterocycles. The van der Waals surface area contributed by atoms with Crippen molar-refractivity contribution in [3.8, 4) is 0 Å². The normalized spacial score (nSPS) is 12.6. The summed E-state index contributed by atoms with van der Waals surface area (Å²) in [6.45, 7) is 5.41. The zero-order valence-electron chi connectivity index (χ0n) is 13.3.